The number of nitrogens with zero attached hydrogens (tertiary/aromatic N) is 3. The van der Waals surface area contributed by atoms with Crippen molar-refractivity contribution in [2.45, 2.75) is 40.2 Å². The zero-order valence-corrected chi connectivity index (χ0v) is 19.7. The summed E-state index contributed by atoms with van der Waals surface area (Å²) >= 11 is 0. The monoisotopic (exact) mass is 449 g/mol. The van der Waals surface area contributed by atoms with Crippen LogP contribution in [0.15, 0.2) is 48.5 Å². The number of carbonyl (C=O) groups is 2. The molecular formula is C26H31N3O4. The lowest BCUT2D eigenvalue weighted by Crippen LogP contribution is -2.50. The van der Waals surface area contributed by atoms with Crippen LogP contribution >= 0.6 is 0 Å². The minimum atomic E-state index is -1.04. The van der Waals surface area contributed by atoms with Crippen molar-refractivity contribution in [3.05, 3.63) is 54.1 Å². The second-order valence-corrected chi connectivity index (χ2v) is 8.59. The number of hydrogen-bond acceptors (Lipinski definition) is 5. The SMILES string of the molecule is CCOC(=O)C1C(=O)N(CCC(C)C)c2nc3ccccc3n2C1c1ccccc1OCC. The van der Waals surface area contributed by atoms with Crippen molar-refractivity contribution in [1.29, 1.82) is 0 Å². The Morgan fingerprint density at radius 3 is 2.52 bits per heavy atom. The number of rotatable bonds is 8. The van der Waals surface area contributed by atoms with E-state index in [9.17, 15) is 9.59 Å². The summed E-state index contributed by atoms with van der Waals surface area (Å²) in [6, 6.07) is 14.7. The fraction of sp³-hybridized carbons (Fsp3) is 0.423. The number of benzene rings is 2. The van der Waals surface area contributed by atoms with Gasteiger partial charge in [0.15, 0.2) is 5.92 Å². The molecule has 1 aliphatic heterocycles. The number of carbonyl (C=O) groups excluding carboxylic acids is 2. The molecule has 0 aliphatic carbocycles. The fourth-order valence-electron chi connectivity index (χ4n) is 4.44. The fourth-order valence-corrected chi connectivity index (χ4v) is 4.44. The maximum Gasteiger partial charge on any atom is 0.321 e. The van der Waals surface area contributed by atoms with Gasteiger partial charge >= 0.3 is 5.97 Å². The minimum absolute atomic E-state index is 0.200. The zero-order chi connectivity index (χ0) is 23.5. The number of esters is 1. The van der Waals surface area contributed by atoms with Gasteiger partial charge in [-0.15, -0.1) is 0 Å². The van der Waals surface area contributed by atoms with E-state index in [2.05, 4.69) is 13.8 Å². The number of amides is 1. The number of para-hydroxylation sites is 3. The van der Waals surface area contributed by atoms with Crippen LogP contribution in [-0.2, 0) is 14.3 Å². The third kappa shape index (κ3) is 4.19. The van der Waals surface area contributed by atoms with E-state index in [1.54, 1.807) is 11.8 Å². The van der Waals surface area contributed by atoms with Crippen molar-refractivity contribution in [2.24, 2.45) is 11.8 Å². The lowest BCUT2D eigenvalue weighted by Gasteiger charge is -2.38. The van der Waals surface area contributed by atoms with E-state index in [0.29, 0.717) is 30.8 Å². The van der Waals surface area contributed by atoms with Crippen LogP contribution in [0.5, 0.6) is 5.75 Å². The summed E-state index contributed by atoms with van der Waals surface area (Å²) in [4.78, 5) is 33.6. The third-order valence-electron chi connectivity index (χ3n) is 5.95. The summed E-state index contributed by atoms with van der Waals surface area (Å²) in [5.74, 6) is -0.257. The smallest absolute Gasteiger partial charge is 0.321 e. The van der Waals surface area contributed by atoms with Gasteiger partial charge in [-0.2, -0.15) is 0 Å². The number of anilines is 1. The van der Waals surface area contributed by atoms with E-state index in [4.69, 9.17) is 14.5 Å². The highest BCUT2D eigenvalue weighted by atomic mass is 16.5. The van der Waals surface area contributed by atoms with Gasteiger partial charge in [0.25, 0.3) is 0 Å². The first-order chi connectivity index (χ1) is 16.0. The van der Waals surface area contributed by atoms with Gasteiger partial charge in [-0.25, -0.2) is 4.98 Å². The maximum absolute atomic E-state index is 13.9. The summed E-state index contributed by atoms with van der Waals surface area (Å²) < 4.78 is 13.3. The van der Waals surface area contributed by atoms with Crippen LogP contribution in [0.25, 0.3) is 11.0 Å². The van der Waals surface area contributed by atoms with Gasteiger partial charge in [0.05, 0.1) is 30.3 Å². The molecule has 174 valence electrons. The van der Waals surface area contributed by atoms with Crippen molar-refractivity contribution in [1.82, 2.24) is 9.55 Å². The molecule has 0 spiro atoms. The summed E-state index contributed by atoms with van der Waals surface area (Å²) in [5, 5.41) is 0. The third-order valence-corrected chi connectivity index (χ3v) is 5.95. The minimum Gasteiger partial charge on any atom is -0.494 e. The summed E-state index contributed by atoms with van der Waals surface area (Å²) in [6.07, 6.45) is 0.796. The number of imidazole rings is 1. The van der Waals surface area contributed by atoms with Gasteiger partial charge in [0.2, 0.25) is 11.9 Å². The van der Waals surface area contributed by atoms with Crippen molar-refractivity contribution in [3.8, 4) is 5.75 Å². The average Bonchev–Trinajstić information content (AvgIpc) is 3.17. The Morgan fingerprint density at radius 2 is 1.79 bits per heavy atom. The van der Waals surface area contributed by atoms with Crippen LogP contribution in [-0.4, -0.2) is 41.2 Å². The lowest BCUT2D eigenvalue weighted by atomic mass is 9.88. The van der Waals surface area contributed by atoms with Gasteiger partial charge in [0, 0.05) is 12.1 Å². The number of fused-ring (bicyclic) bond motifs is 3. The van der Waals surface area contributed by atoms with Gasteiger partial charge in [0.1, 0.15) is 5.75 Å². The Hall–Kier alpha value is -3.35. The van der Waals surface area contributed by atoms with Crippen LogP contribution in [0, 0.1) is 11.8 Å². The van der Waals surface area contributed by atoms with E-state index in [-0.39, 0.29) is 12.5 Å². The molecule has 0 saturated carbocycles. The molecule has 0 bridgehead atoms. The zero-order valence-electron chi connectivity index (χ0n) is 19.7. The second-order valence-electron chi connectivity index (χ2n) is 8.59. The summed E-state index contributed by atoms with van der Waals surface area (Å²) in [6.45, 7) is 9.05. The summed E-state index contributed by atoms with van der Waals surface area (Å²) in [5.41, 5.74) is 2.40. The van der Waals surface area contributed by atoms with Crippen LogP contribution in [0.1, 0.15) is 45.7 Å². The van der Waals surface area contributed by atoms with Gasteiger partial charge in [-0.1, -0.05) is 44.2 Å². The van der Waals surface area contributed by atoms with Crippen molar-refractivity contribution < 1.29 is 19.1 Å². The van der Waals surface area contributed by atoms with Crippen LogP contribution < -0.4 is 9.64 Å². The van der Waals surface area contributed by atoms with Crippen molar-refractivity contribution in [3.63, 3.8) is 0 Å². The van der Waals surface area contributed by atoms with Crippen molar-refractivity contribution in [2.75, 3.05) is 24.7 Å². The molecule has 7 nitrogen and oxygen atoms in total. The number of aromatic nitrogens is 2. The molecule has 2 unspecified atom stereocenters. The molecule has 7 heteroatoms. The average molecular weight is 450 g/mol. The quantitative estimate of drug-likeness (QED) is 0.371. The molecule has 2 atom stereocenters. The first kappa shape index (κ1) is 22.8. The molecular weight excluding hydrogens is 418 g/mol. The molecule has 0 radical (unpaired) electrons. The first-order valence-electron chi connectivity index (χ1n) is 11.6. The van der Waals surface area contributed by atoms with E-state index in [1.165, 1.54) is 0 Å². The number of ether oxygens (including phenoxy) is 2. The molecule has 2 heterocycles. The highest BCUT2D eigenvalue weighted by Gasteiger charge is 2.48. The Bertz CT molecular complexity index is 1150. The predicted molar refractivity (Wildman–Crippen MR) is 127 cm³/mol. The first-order valence-corrected chi connectivity index (χ1v) is 11.6. The van der Waals surface area contributed by atoms with Crippen LogP contribution in [0.3, 0.4) is 0 Å². The van der Waals surface area contributed by atoms with Gasteiger partial charge in [-0.3, -0.25) is 14.5 Å². The largest absolute Gasteiger partial charge is 0.494 e. The Balaban J connectivity index is 1.98. The standard InChI is InChI=1S/C26H31N3O4/c1-5-32-21-14-10-7-11-18(21)23-22(25(31)33-6-2)24(30)28(16-15-17(3)4)26-27-19-12-8-9-13-20(19)29(23)26/h7-14,17,22-23H,5-6,15-16H2,1-4H3. The van der Waals surface area contributed by atoms with E-state index >= 15 is 0 Å². The maximum atomic E-state index is 13.9. The number of hydrogen-bond donors (Lipinski definition) is 0. The normalized spacial score (nSPS) is 18.0. The molecule has 4 rings (SSSR count). The molecule has 0 N–H and O–H groups in total. The topological polar surface area (TPSA) is 73.7 Å². The molecule has 0 saturated heterocycles. The predicted octanol–water partition coefficient (Wildman–Crippen LogP) is 4.60. The molecule has 2 aromatic carbocycles. The Kier molecular flexibility index (Phi) is 6.67. The Morgan fingerprint density at radius 1 is 1.06 bits per heavy atom. The Labute approximate surface area is 194 Å². The highest BCUT2D eigenvalue weighted by molar-refractivity contribution is 6.08. The van der Waals surface area contributed by atoms with Crippen molar-refractivity contribution >= 4 is 28.9 Å². The molecule has 1 aliphatic rings. The van der Waals surface area contributed by atoms with Crippen LogP contribution in [0.4, 0.5) is 5.95 Å². The van der Waals surface area contributed by atoms with Crippen LogP contribution in [0.2, 0.25) is 0 Å². The van der Waals surface area contributed by atoms with Gasteiger partial charge < -0.3 is 14.0 Å². The molecule has 1 amide bonds. The molecule has 1 aromatic heterocycles. The molecule has 0 fully saturated rings. The summed E-state index contributed by atoms with van der Waals surface area (Å²) in [7, 11) is 0. The highest BCUT2D eigenvalue weighted by Crippen LogP contribution is 2.44. The van der Waals surface area contributed by atoms with E-state index in [0.717, 1.165) is 23.0 Å². The van der Waals surface area contributed by atoms with E-state index in [1.807, 2.05) is 60.0 Å². The lowest BCUT2D eigenvalue weighted by molar-refractivity contribution is -0.153. The van der Waals surface area contributed by atoms with Gasteiger partial charge in [-0.05, 0) is 44.4 Å². The molecule has 33 heavy (non-hydrogen) atoms. The second kappa shape index (κ2) is 9.65. The molecule has 3 aromatic rings. The van der Waals surface area contributed by atoms with E-state index < -0.39 is 17.9 Å².